The first-order chi connectivity index (χ1) is 9.15. The number of carboxylic acid groups (broad SMARTS) is 1. The van der Waals surface area contributed by atoms with Crippen molar-refractivity contribution in [3.8, 4) is 11.3 Å². The quantitative estimate of drug-likeness (QED) is 0.760. The Bertz CT molecular complexity index is 760. The Hall–Kier alpha value is -2.69. The van der Waals surface area contributed by atoms with Crippen LogP contribution < -0.4 is 0 Å². The summed E-state index contributed by atoms with van der Waals surface area (Å²) >= 11 is 0. The number of benzene rings is 1. The molecule has 0 spiro atoms. The van der Waals surface area contributed by atoms with Crippen LogP contribution in [0.25, 0.3) is 22.4 Å². The first-order valence-electron chi connectivity index (χ1n) is 5.71. The van der Waals surface area contributed by atoms with E-state index >= 15 is 0 Å². The normalized spacial score (nSPS) is 10.8. The van der Waals surface area contributed by atoms with Gasteiger partial charge in [-0.05, 0) is 13.0 Å². The first-order valence-corrected chi connectivity index (χ1v) is 5.71. The van der Waals surface area contributed by atoms with Crippen LogP contribution in [-0.4, -0.2) is 21.2 Å². The van der Waals surface area contributed by atoms with Crippen molar-refractivity contribution in [3.63, 3.8) is 0 Å². The molecule has 5 nitrogen and oxygen atoms in total. The van der Waals surface area contributed by atoms with Crippen molar-refractivity contribution < 1.29 is 14.4 Å². The van der Waals surface area contributed by atoms with Crippen LogP contribution >= 0.6 is 0 Å². The second kappa shape index (κ2) is 4.20. The van der Waals surface area contributed by atoms with Gasteiger partial charge in [0.05, 0.1) is 10.9 Å². The maximum Gasteiger partial charge on any atom is 0.337 e. The van der Waals surface area contributed by atoms with Crippen LogP contribution in [0.3, 0.4) is 0 Å². The summed E-state index contributed by atoms with van der Waals surface area (Å²) < 4.78 is 5.11. The maximum atomic E-state index is 11.0. The number of aromatic nitrogens is 2. The van der Waals surface area contributed by atoms with E-state index < -0.39 is 5.97 Å². The van der Waals surface area contributed by atoms with Crippen molar-refractivity contribution in [2.45, 2.75) is 6.92 Å². The van der Waals surface area contributed by atoms with Crippen molar-refractivity contribution in [1.82, 2.24) is 10.1 Å². The fraction of sp³-hybridized carbons (Fsp3) is 0.0714. The van der Waals surface area contributed by atoms with Crippen LogP contribution in [0.2, 0.25) is 0 Å². The molecule has 0 saturated heterocycles. The van der Waals surface area contributed by atoms with E-state index in [0.29, 0.717) is 16.8 Å². The second-order valence-corrected chi connectivity index (χ2v) is 4.28. The minimum Gasteiger partial charge on any atom is -0.478 e. The Labute approximate surface area is 108 Å². The van der Waals surface area contributed by atoms with Gasteiger partial charge in [0.15, 0.2) is 0 Å². The Morgan fingerprint density at radius 3 is 2.68 bits per heavy atom. The molecule has 0 bridgehead atoms. The molecule has 0 aliphatic rings. The predicted molar refractivity (Wildman–Crippen MR) is 68.9 cm³/mol. The van der Waals surface area contributed by atoms with Crippen LogP contribution in [0, 0.1) is 6.92 Å². The summed E-state index contributed by atoms with van der Waals surface area (Å²) in [6.45, 7) is 1.99. The number of aromatic carboxylic acids is 1. The van der Waals surface area contributed by atoms with Crippen LogP contribution in [0.4, 0.5) is 0 Å². The van der Waals surface area contributed by atoms with Gasteiger partial charge in [0, 0.05) is 11.8 Å². The SMILES string of the molecule is Cc1ccc(-c2noc3ncc(C(=O)O)cc23)cc1. The summed E-state index contributed by atoms with van der Waals surface area (Å²) in [6.07, 6.45) is 1.26. The average Bonchev–Trinajstić information content (AvgIpc) is 2.82. The molecule has 0 unspecified atom stereocenters. The van der Waals surface area contributed by atoms with Crippen molar-refractivity contribution in [2.24, 2.45) is 0 Å². The van der Waals surface area contributed by atoms with E-state index in [1.54, 1.807) is 0 Å². The van der Waals surface area contributed by atoms with Gasteiger partial charge in [-0.3, -0.25) is 0 Å². The van der Waals surface area contributed by atoms with Gasteiger partial charge in [0.25, 0.3) is 5.71 Å². The second-order valence-electron chi connectivity index (χ2n) is 4.28. The third-order valence-corrected chi connectivity index (χ3v) is 2.90. The zero-order chi connectivity index (χ0) is 13.4. The van der Waals surface area contributed by atoms with Gasteiger partial charge in [-0.2, -0.15) is 0 Å². The van der Waals surface area contributed by atoms with E-state index in [1.165, 1.54) is 12.3 Å². The molecule has 5 heteroatoms. The molecule has 0 radical (unpaired) electrons. The van der Waals surface area contributed by atoms with E-state index in [9.17, 15) is 4.79 Å². The van der Waals surface area contributed by atoms with Crippen LogP contribution in [0.1, 0.15) is 15.9 Å². The minimum atomic E-state index is -1.02. The smallest absolute Gasteiger partial charge is 0.337 e. The lowest BCUT2D eigenvalue weighted by molar-refractivity contribution is 0.0696. The summed E-state index contributed by atoms with van der Waals surface area (Å²) in [6, 6.07) is 9.28. The lowest BCUT2D eigenvalue weighted by Crippen LogP contribution is -1.96. The van der Waals surface area contributed by atoms with E-state index in [1.807, 2.05) is 31.2 Å². The average molecular weight is 254 g/mol. The summed E-state index contributed by atoms with van der Waals surface area (Å²) in [5.74, 6) is -1.02. The molecular formula is C14H10N2O3. The molecule has 3 aromatic rings. The Kier molecular flexibility index (Phi) is 2.52. The summed E-state index contributed by atoms with van der Waals surface area (Å²) in [4.78, 5) is 14.9. The van der Waals surface area contributed by atoms with Crippen LogP contribution in [0.15, 0.2) is 41.1 Å². The van der Waals surface area contributed by atoms with Gasteiger partial charge >= 0.3 is 5.97 Å². The maximum absolute atomic E-state index is 11.0. The van der Waals surface area contributed by atoms with Crippen LogP contribution in [-0.2, 0) is 0 Å². The highest BCUT2D eigenvalue weighted by atomic mass is 16.5. The van der Waals surface area contributed by atoms with Crippen molar-refractivity contribution in [3.05, 3.63) is 47.7 Å². The highest BCUT2D eigenvalue weighted by molar-refractivity contribution is 5.96. The van der Waals surface area contributed by atoms with Gasteiger partial charge in [0.1, 0.15) is 5.69 Å². The summed E-state index contributed by atoms with van der Waals surface area (Å²) in [7, 11) is 0. The van der Waals surface area contributed by atoms with Gasteiger partial charge in [-0.15, -0.1) is 0 Å². The molecule has 0 aliphatic carbocycles. The van der Waals surface area contributed by atoms with E-state index in [4.69, 9.17) is 9.63 Å². The molecule has 2 heterocycles. The Balaban J connectivity index is 2.21. The van der Waals surface area contributed by atoms with Gasteiger partial charge in [0.2, 0.25) is 0 Å². The predicted octanol–water partition coefficient (Wildman–Crippen LogP) is 2.90. The largest absolute Gasteiger partial charge is 0.478 e. The molecule has 0 fully saturated rings. The first kappa shape index (κ1) is 11.4. The Morgan fingerprint density at radius 1 is 1.26 bits per heavy atom. The molecule has 0 atom stereocenters. The Morgan fingerprint density at radius 2 is 2.00 bits per heavy atom. The lowest BCUT2D eigenvalue weighted by atomic mass is 10.1. The summed E-state index contributed by atoms with van der Waals surface area (Å²) in [5.41, 5.74) is 3.06. The number of nitrogens with zero attached hydrogens (tertiary/aromatic N) is 2. The number of aryl methyl sites for hydroxylation is 1. The molecule has 19 heavy (non-hydrogen) atoms. The zero-order valence-electron chi connectivity index (χ0n) is 10.1. The molecule has 3 rings (SSSR count). The third kappa shape index (κ3) is 1.95. The molecule has 94 valence electrons. The van der Waals surface area contributed by atoms with Crippen molar-refractivity contribution in [2.75, 3.05) is 0 Å². The molecule has 0 aliphatic heterocycles. The number of fused-ring (bicyclic) bond motifs is 1. The zero-order valence-corrected chi connectivity index (χ0v) is 10.1. The standard InChI is InChI=1S/C14H10N2O3/c1-8-2-4-9(5-3-8)12-11-6-10(14(17)18)7-15-13(11)19-16-12/h2-7H,1H3,(H,17,18). The molecule has 2 aromatic heterocycles. The third-order valence-electron chi connectivity index (χ3n) is 2.90. The van der Waals surface area contributed by atoms with Crippen molar-refractivity contribution >= 4 is 17.1 Å². The van der Waals surface area contributed by atoms with Gasteiger partial charge < -0.3 is 9.63 Å². The summed E-state index contributed by atoms with van der Waals surface area (Å²) in [5, 5.41) is 13.6. The lowest BCUT2D eigenvalue weighted by Gasteiger charge is -1.98. The highest BCUT2D eigenvalue weighted by Crippen LogP contribution is 2.27. The topological polar surface area (TPSA) is 76.2 Å². The fourth-order valence-electron chi connectivity index (χ4n) is 1.87. The number of hydrogen-bond acceptors (Lipinski definition) is 4. The number of rotatable bonds is 2. The van der Waals surface area contributed by atoms with E-state index in [0.717, 1.165) is 11.1 Å². The molecule has 1 aromatic carbocycles. The number of carbonyl (C=O) groups is 1. The van der Waals surface area contributed by atoms with Crippen LogP contribution in [0.5, 0.6) is 0 Å². The van der Waals surface area contributed by atoms with Gasteiger partial charge in [-0.25, -0.2) is 9.78 Å². The highest BCUT2D eigenvalue weighted by Gasteiger charge is 2.14. The molecule has 0 saturated carbocycles. The van der Waals surface area contributed by atoms with Gasteiger partial charge in [-0.1, -0.05) is 35.0 Å². The molecule has 0 amide bonds. The monoisotopic (exact) mass is 254 g/mol. The van der Waals surface area contributed by atoms with E-state index in [2.05, 4.69) is 10.1 Å². The fourth-order valence-corrected chi connectivity index (χ4v) is 1.87. The number of carboxylic acids is 1. The van der Waals surface area contributed by atoms with Crippen molar-refractivity contribution in [1.29, 1.82) is 0 Å². The van der Waals surface area contributed by atoms with E-state index in [-0.39, 0.29) is 5.56 Å². The number of hydrogen-bond donors (Lipinski definition) is 1. The molecular weight excluding hydrogens is 244 g/mol. The number of pyridine rings is 1. The molecule has 1 N–H and O–H groups in total. The minimum absolute atomic E-state index is 0.115.